The van der Waals surface area contributed by atoms with E-state index in [0.29, 0.717) is 11.4 Å². The van der Waals surface area contributed by atoms with E-state index in [1.807, 2.05) is 0 Å². The van der Waals surface area contributed by atoms with E-state index in [-0.39, 0.29) is 0 Å². The number of aromatic nitrogens is 2. The monoisotopic (exact) mass is 304 g/mol. The van der Waals surface area contributed by atoms with Crippen molar-refractivity contribution in [1.82, 2.24) is 9.97 Å². The number of anilines is 2. The van der Waals surface area contributed by atoms with Crippen LogP contribution in [0.1, 0.15) is 50.8 Å². The third kappa shape index (κ3) is 2.84. The van der Waals surface area contributed by atoms with E-state index >= 15 is 0 Å². The second-order valence-corrected chi connectivity index (χ2v) is 7.24. The van der Waals surface area contributed by atoms with Crippen LogP contribution >= 0.6 is 11.3 Å². The van der Waals surface area contributed by atoms with Crippen LogP contribution in [-0.2, 0) is 6.42 Å². The summed E-state index contributed by atoms with van der Waals surface area (Å²) < 4.78 is 0. The van der Waals surface area contributed by atoms with Crippen molar-refractivity contribution in [2.45, 2.75) is 52.4 Å². The summed E-state index contributed by atoms with van der Waals surface area (Å²) >= 11 is 1.72. The molecule has 2 heterocycles. The molecule has 2 aromatic rings. The number of aryl methyl sites for hydroxylation is 1. The smallest absolute Gasteiger partial charge is 0.223 e. The van der Waals surface area contributed by atoms with E-state index in [1.54, 1.807) is 11.3 Å². The summed E-state index contributed by atoms with van der Waals surface area (Å²) in [5, 5.41) is 4.70. The summed E-state index contributed by atoms with van der Waals surface area (Å²) in [6, 6.07) is 2.20. The molecule has 0 atom stereocenters. The number of hydrogen-bond acceptors (Lipinski definition) is 5. The molecule has 21 heavy (non-hydrogen) atoms. The van der Waals surface area contributed by atoms with Gasteiger partial charge >= 0.3 is 0 Å². The number of rotatable bonds is 5. The van der Waals surface area contributed by atoms with Gasteiger partial charge in [-0.25, -0.2) is 4.98 Å². The Hall–Kier alpha value is -1.36. The van der Waals surface area contributed by atoms with Crippen molar-refractivity contribution in [3.63, 3.8) is 0 Å². The second kappa shape index (κ2) is 5.79. The topological polar surface area (TPSA) is 63.8 Å². The van der Waals surface area contributed by atoms with Crippen molar-refractivity contribution in [2.75, 3.05) is 17.6 Å². The normalized spacial score (nSPS) is 17.4. The van der Waals surface area contributed by atoms with Crippen LogP contribution in [0.15, 0.2) is 6.07 Å². The number of nitrogens with two attached hydrogens (primary N) is 1. The van der Waals surface area contributed by atoms with Gasteiger partial charge in [-0.3, -0.25) is 0 Å². The lowest BCUT2D eigenvalue weighted by molar-refractivity contribution is 0.306. The minimum absolute atomic E-state index is 0.367. The number of fused-ring (bicyclic) bond motifs is 1. The summed E-state index contributed by atoms with van der Waals surface area (Å²) in [5.74, 6) is 1.28. The Morgan fingerprint density at radius 1 is 1.29 bits per heavy atom. The lowest BCUT2D eigenvalue weighted by Crippen LogP contribution is -2.26. The molecule has 0 bridgehead atoms. The van der Waals surface area contributed by atoms with Gasteiger partial charge in [0.1, 0.15) is 10.6 Å². The molecule has 1 saturated carbocycles. The van der Waals surface area contributed by atoms with E-state index in [9.17, 15) is 0 Å². The Labute approximate surface area is 130 Å². The molecule has 1 fully saturated rings. The number of nitrogens with zero attached hydrogens (tertiary/aromatic N) is 2. The lowest BCUT2D eigenvalue weighted by Gasteiger charge is -2.28. The van der Waals surface area contributed by atoms with Crippen molar-refractivity contribution in [3.8, 4) is 0 Å². The van der Waals surface area contributed by atoms with E-state index in [2.05, 4.69) is 35.2 Å². The highest BCUT2D eigenvalue weighted by molar-refractivity contribution is 7.18. The zero-order valence-corrected chi connectivity index (χ0v) is 13.7. The quantitative estimate of drug-likeness (QED) is 0.868. The van der Waals surface area contributed by atoms with E-state index < -0.39 is 0 Å². The Kier molecular flexibility index (Phi) is 4.02. The Bertz CT molecular complexity index is 628. The molecule has 0 aromatic carbocycles. The van der Waals surface area contributed by atoms with Crippen LogP contribution < -0.4 is 11.1 Å². The van der Waals surface area contributed by atoms with Gasteiger partial charge in [0.2, 0.25) is 5.95 Å². The molecule has 5 heteroatoms. The molecule has 3 N–H and O–H groups in total. The summed E-state index contributed by atoms with van der Waals surface area (Å²) in [4.78, 5) is 11.1. The molecule has 0 unspecified atom stereocenters. The van der Waals surface area contributed by atoms with Gasteiger partial charge in [0.25, 0.3) is 0 Å². The maximum Gasteiger partial charge on any atom is 0.223 e. The molecule has 0 spiro atoms. The molecule has 114 valence electrons. The minimum Gasteiger partial charge on any atom is -0.369 e. The first-order valence-electron chi connectivity index (χ1n) is 7.95. The number of thiophene rings is 1. The second-order valence-electron chi connectivity index (χ2n) is 6.13. The van der Waals surface area contributed by atoms with Crippen molar-refractivity contribution in [3.05, 3.63) is 10.9 Å². The molecular formula is C16H24N4S. The van der Waals surface area contributed by atoms with Crippen LogP contribution in [0.25, 0.3) is 10.2 Å². The van der Waals surface area contributed by atoms with Gasteiger partial charge in [-0.1, -0.05) is 26.7 Å². The highest BCUT2D eigenvalue weighted by Gasteiger charge is 2.31. The fraction of sp³-hybridized carbons (Fsp3) is 0.625. The third-order valence-electron chi connectivity index (χ3n) is 4.85. The van der Waals surface area contributed by atoms with Crippen molar-refractivity contribution in [2.24, 2.45) is 5.41 Å². The third-order valence-corrected chi connectivity index (χ3v) is 6.03. The van der Waals surface area contributed by atoms with Crippen LogP contribution in [0.4, 0.5) is 11.8 Å². The summed E-state index contributed by atoms with van der Waals surface area (Å²) in [6.07, 6.45) is 7.62. The average Bonchev–Trinajstić information content (AvgIpc) is 3.11. The van der Waals surface area contributed by atoms with E-state index in [1.165, 1.54) is 37.0 Å². The SMILES string of the molecule is CCc1cc2c(NCC3(CC)CCCC3)nc(N)nc2s1. The summed E-state index contributed by atoms with van der Waals surface area (Å²) in [7, 11) is 0. The molecule has 2 aromatic heterocycles. The Balaban J connectivity index is 1.87. The maximum absolute atomic E-state index is 5.87. The molecule has 4 nitrogen and oxygen atoms in total. The standard InChI is InChI=1S/C16H24N4S/c1-3-11-9-12-13(19-15(17)20-14(12)21-11)18-10-16(4-2)7-5-6-8-16/h9H,3-8,10H2,1-2H3,(H3,17,18,19,20). The highest BCUT2D eigenvalue weighted by atomic mass is 32.1. The zero-order valence-electron chi connectivity index (χ0n) is 12.9. The van der Waals surface area contributed by atoms with Crippen molar-refractivity contribution >= 4 is 33.3 Å². The zero-order chi connectivity index (χ0) is 14.9. The molecule has 0 aliphatic heterocycles. The van der Waals surface area contributed by atoms with E-state index in [0.717, 1.165) is 29.0 Å². The van der Waals surface area contributed by atoms with Gasteiger partial charge in [0.15, 0.2) is 0 Å². The predicted molar refractivity (Wildman–Crippen MR) is 90.9 cm³/mol. The minimum atomic E-state index is 0.367. The molecule has 0 amide bonds. The van der Waals surface area contributed by atoms with Gasteiger partial charge in [-0.15, -0.1) is 11.3 Å². The lowest BCUT2D eigenvalue weighted by atomic mass is 9.83. The van der Waals surface area contributed by atoms with Crippen LogP contribution in [-0.4, -0.2) is 16.5 Å². The van der Waals surface area contributed by atoms with Crippen molar-refractivity contribution in [1.29, 1.82) is 0 Å². The van der Waals surface area contributed by atoms with Crippen molar-refractivity contribution < 1.29 is 0 Å². The van der Waals surface area contributed by atoms with Gasteiger partial charge in [0.05, 0.1) is 5.39 Å². The van der Waals surface area contributed by atoms with Gasteiger partial charge in [0, 0.05) is 11.4 Å². The number of hydrogen-bond donors (Lipinski definition) is 2. The fourth-order valence-electron chi connectivity index (χ4n) is 3.35. The summed E-state index contributed by atoms with van der Waals surface area (Å²) in [5.41, 5.74) is 6.31. The maximum atomic E-state index is 5.87. The number of nitrogen functional groups attached to an aromatic ring is 1. The van der Waals surface area contributed by atoms with Gasteiger partial charge in [-0.2, -0.15) is 4.98 Å². The highest BCUT2D eigenvalue weighted by Crippen LogP contribution is 2.41. The summed E-state index contributed by atoms with van der Waals surface area (Å²) in [6.45, 7) is 5.46. The first kappa shape index (κ1) is 14.6. The first-order chi connectivity index (χ1) is 10.2. The molecule has 0 radical (unpaired) electrons. The fourth-order valence-corrected chi connectivity index (χ4v) is 4.32. The molecule has 3 rings (SSSR count). The molecule has 0 saturated heterocycles. The molecular weight excluding hydrogens is 280 g/mol. The largest absolute Gasteiger partial charge is 0.369 e. The van der Waals surface area contributed by atoms with Gasteiger partial charge in [-0.05, 0) is 37.2 Å². The molecule has 1 aliphatic carbocycles. The predicted octanol–water partition coefficient (Wildman–Crippen LogP) is 4.22. The van der Waals surface area contributed by atoms with Gasteiger partial charge < -0.3 is 11.1 Å². The van der Waals surface area contributed by atoms with E-state index in [4.69, 9.17) is 5.73 Å². The Morgan fingerprint density at radius 3 is 2.71 bits per heavy atom. The number of nitrogens with one attached hydrogen (secondary N) is 1. The molecule has 1 aliphatic rings. The average molecular weight is 304 g/mol. The van der Waals surface area contributed by atoms with Crippen LogP contribution in [0.5, 0.6) is 0 Å². The van der Waals surface area contributed by atoms with Crippen LogP contribution in [0, 0.1) is 5.41 Å². The first-order valence-corrected chi connectivity index (χ1v) is 8.77. The Morgan fingerprint density at radius 2 is 2.05 bits per heavy atom. The van der Waals surface area contributed by atoms with Crippen LogP contribution in [0.3, 0.4) is 0 Å². The van der Waals surface area contributed by atoms with Crippen LogP contribution in [0.2, 0.25) is 0 Å².